The molecule has 0 saturated heterocycles. The van der Waals surface area contributed by atoms with E-state index in [1.54, 1.807) is 0 Å². The van der Waals surface area contributed by atoms with Gasteiger partial charge in [-0.25, -0.2) is 0 Å². The second-order valence-electron chi connectivity index (χ2n) is 13.9. The first-order valence-electron chi connectivity index (χ1n) is 18.1. The molecule has 10 aromatic rings. The fourth-order valence-corrected chi connectivity index (χ4v) is 8.57. The minimum Gasteiger partial charge on any atom is -0.309 e. The predicted molar refractivity (Wildman–Crippen MR) is 224 cm³/mol. The van der Waals surface area contributed by atoms with Crippen LogP contribution >= 0.6 is 0 Å². The molecule has 11 rings (SSSR count). The van der Waals surface area contributed by atoms with E-state index in [2.05, 4.69) is 173 Å². The van der Waals surface area contributed by atoms with E-state index in [1.807, 2.05) is 12.4 Å². The van der Waals surface area contributed by atoms with Gasteiger partial charge in [0.15, 0.2) is 0 Å². The number of rotatable bonds is 3. The minimum atomic E-state index is 0.673. The molecule has 0 saturated carbocycles. The highest BCUT2D eigenvalue weighted by Crippen LogP contribution is 2.41. The standard InChI is InChI=1S/C49H32N4/c1-31-38-16-9-11-33-26-27-50-43(48(33)38)22-21-37(30-51-31)53-46-24-20-35(29-42(46)49-39-14-6-5-10-32(39)18-25-47(49)53)34-19-23-45-41(28-34)40-15-7-8-17-44(40)52(45)36-12-3-2-4-13-36/h2-21,23-30H,1,22H2/b37-21+,51-30?. The number of hydrogen-bond acceptors (Lipinski definition) is 2. The number of pyridine rings is 1. The second-order valence-corrected chi connectivity index (χ2v) is 13.9. The Morgan fingerprint density at radius 1 is 0.509 bits per heavy atom. The molecular weight excluding hydrogens is 645 g/mol. The van der Waals surface area contributed by atoms with E-state index in [9.17, 15) is 0 Å². The molecule has 0 amide bonds. The summed E-state index contributed by atoms with van der Waals surface area (Å²) in [5.41, 5.74) is 12.0. The lowest BCUT2D eigenvalue weighted by molar-refractivity contribution is 1.13. The van der Waals surface area contributed by atoms with Crippen LogP contribution in [-0.2, 0) is 6.42 Å². The Morgan fingerprint density at radius 2 is 1.21 bits per heavy atom. The van der Waals surface area contributed by atoms with Crippen LogP contribution in [0.4, 0.5) is 0 Å². The quantitative estimate of drug-likeness (QED) is 0.183. The van der Waals surface area contributed by atoms with Crippen LogP contribution in [0, 0.1) is 0 Å². The lowest BCUT2D eigenvalue weighted by Gasteiger charge is -2.10. The number of benzene rings is 7. The van der Waals surface area contributed by atoms with Crippen LogP contribution in [0.25, 0.3) is 93.4 Å². The largest absolute Gasteiger partial charge is 0.309 e. The molecule has 4 heterocycles. The monoisotopic (exact) mass is 676 g/mol. The molecule has 4 nitrogen and oxygen atoms in total. The van der Waals surface area contributed by atoms with Crippen molar-refractivity contribution in [1.29, 1.82) is 0 Å². The van der Waals surface area contributed by atoms with E-state index in [0.29, 0.717) is 6.42 Å². The number of fused-ring (bicyclic) bond motifs is 8. The zero-order chi connectivity index (χ0) is 35.0. The predicted octanol–water partition coefficient (Wildman–Crippen LogP) is 12.4. The maximum atomic E-state index is 4.99. The zero-order valence-corrected chi connectivity index (χ0v) is 28.9. The molecular formula is C49H32N4. The molecule has 248 valence electrons. The van der Waals surface area contributed by atoms with Crippen LogP contribution in [0.2, 0.25) is 0 Å². The molecule has 0 fully saturated rings. The molecule has 53 heavy (non-hydrogen) atoms. The number of aromatic nitrogens is 3. The van der Waals surface area contributed by atoms with E-state index < -0.39 is 0 Å². The van der Waals surface area contributed by atoms with Crippen molar-refractivity contribution in [3.63, 3.8) is 0 Å². The van der Waals surface area contributed by atoms with Gasteiger partial charge in [-0.15, -0.1) is 0 Å². The molecule has 4 heteroatoms. The highest BCUT2D eigenvalue weighted by Gasteiger charge is 2.19. The Balaban J connectivity index is 1.14. The highest BCUT2D eigenvalue weighted by molar-refractivity contribution is 6.24. The summed E-state index contributed by atoms with van der Waals surface area (Å²) in [5, 5.41) is 9.66. The fourth-order valence-electron chi connectivity index (χ4n) is 8.57. The minimum absolute atomic E-state index is 0.673. The van der Waals surface area contributed by atoms with E-state index >= 15 is 0 Å². The number of para-hydroxylation sites is 2. The van der Waals surface area contributed by atoms with Gasteiger partial charge in [-0.3, -0.25) is 9.98 Å². The lowest BCUT2D eigenvalue weighted by Crippen LogP contribution is -2.00. The summed E-state index contributed by atoms with van der Waals surface area (Å²) in [6.07, 6.45) is 6.82. The van der Waals surface area contributed by atoms with Gasteiger partial charge in [0.2, 0.25) is 0 Å². The van der Waals surface area contributed by atoms with Crippen LogP contribution in [0.3, 0.4) is 0 Å². The maximum absolute atomic E-state index is 4.99. The van der Waals surface area contributed by atoms with Crippen LogP contribution in [0.15, 0.2) is 176 Å². The molecule has 3 aromatic heterocycles. The van der Waals surface area contributed by atoms with E-state index in [-0.39, 0.29) is 0 Å². The van der Waals surface area contributed by atoms with Gasteiger partial charge >= 0.3 is 0 Å². The number of hydrogen-bond donors (Lipinski definition) is 0. The molecule has 7 aromatic carbocycles. The molecule has 0 unspecified atom stereocenters. The van der Waals surface area contributed by atoms with Crippen molar-refractivity contribution in [1.82, 2.24) is 14.1 Å². The zero-order valence-electron chi connectivity index (χ0n) is 28.9. The van der Waals surface area contributed by atoms with Crippen molar-refractivity contribution in [3.05, 3.63) is 182 Å². The Hall–Kier alpha value is -7.04. The average Bonchev–Trinajstić information content (AvgIpc) is 3.74. The topological polar surface area (TPSA) is 35.1 Å². The third-order valence-corrected chi connectivity index (χ3v) is 11.0. The highest BCUT2D eigenvalue weighted by atomic mass is 15.0. The van der Waals surface area contributed by atoms with Gasteiger partial charge in [0.1, 0.15) is 0 Å². The Morgan fingerprint density at radius 3 is 2.08 bits per heavy atom. The fraction of sp³-hybridized carbons (Fsp3) is 0.0204. The lowest BCUT2D eigenvalue weighted by atomic mass is 9.99. The first-order chi connectivity index (χ1) is 26.2. The van der Waals surface area contributed by atoms with Crippen molar-refractivity contribution in [2.75, 3.05) is 0 Å². The summed E-state index contributed by atoms with van der Waals surface area (Å²) in [4.78, 5) is 9.83. The summed E-state index contributed by atoms with van der Waals surface area (Å²) in [6, 6.07) is 54.7. The van der Waals surface area contributed by atoms with Crippen molar-refractivity contribution in [2.45, 2.75) is 6.42 Å². The maximum Gasteiger partial charge on any atom is 0.0638 e. The summed E-state index contributed by atoms with van der Waals surface area (Å²) >= 11 is 0. The van der Waals surface area contributed by atoms with Crippen LogP contribution in [-0.4, -0.2) is 20.3 Å². The third kappa shape index (κ3) is 4.49. The number of allylic oxidation sites excluding steroid dienone is 2. The van der Waals surface area contributed by atoms with Crippen molar-refractivity contribution in [2.24, 2.45) is 4.99 Å². The van der Waals surface area contributed by atoms with Crippen LogP contribution in [0.5, 0.6) is 0 Å². The summed E-state index contributed by atoms with van der Waals surface area (Å²) < 4.78 is 4.73. The molecule has 1 aliphatic heterocycles. The first kappa shape index (κ1) is 29.7. The molecule has 0 radical (unpaired) electrons. The number of nitrogens with zero attached hydrogens (tertiary/aromatic N) is 4. The summed E-state index contributed by atoms with van der Waals surface area (Å²) in [5.74, 6) is 0. The van der Waals surface area contributed by atoms with E-state index in [4.69, 9.17) is 9.98 Å². The molecule has 0 atom stereocenters. The SMILES string of the molecule is C=C1N=C/C(n2c3ccc(-c4ccc5c(c4)c4ccccc4n5-c4ccccc4)cc3c3c4ccccc4ccc32)=C\Cc2nccc3cccc1c23. The van der Waals surface area contributed by atoms with Gasteiger partial charge in [-0.05, 0) is 81.9 Å². The van der Waals surface area contributed by atoms with Gasteiger partial charge in [0, 0.05) is 50.8 Å². The second kappa shape index (κ2) is 11.5. The Kier molecular flexibility index (Phi) is 6.43. The normalized spacial score (nSPS) is 14.3. The van der Waals surface area contributed by atoms with Crippen LogP contribution < -0.4 is 0 Å². The van der Waals surface area contributed by atoms with Crippen LogP contribution in [0.1, 0.15) is 11.3 Å². The van der Waals surface area contributed by atoms with Gasteiger partial charge in [-0.2, -0.15) is 0 Å². The third-order valence-electron chi connectivity index (χ3n) is 11.0. The molecule has 0 spiro atoms. The van der Waals surface area contributed by atoms with Crippen molar-refractivity contribution < 1.29 is 0 Å². The Bertz CT molecular complexity index is 3200. The molecule has 0 aliphatic carbocycles. The summed E-state index contributed by atoms with van der Waals surface area (Å²) in [7, 11) is 0. The van der Waals surface area contributed by atoms with Gasteiger partial charge in [-0.1, -0.05) is 110 Å². The average molecular weight is 677 g/mol. The first-order valence-corrected chi connectivity index (χ1v) is 18.1. The van der Waals surface area contributed by atoms with E-state index in [1.165, 1.54) is 54.5 Å². The van der Waals surface area contributed by atoms with Crippen molar-refractivity contribution >= 4 is 82.8 Å². The molecule has 1 aliphatic rings. The Labute approximate surface area is 305 Å². The number of aliphatic imine (C=N–C) groups is 1. The van der Waals surface area contributed by atoms with Gasteiger partial charge in [0.05, 0.1) is 45.4 Å². The van der Waals surface area contributed by atoms with Gasteiger partial charge < -0.3 is 9.13 Å². The molecule has 0 N–H and O–H groups in total. The molecule has 0 bridgehead atoms. The van der Waals surface area contributed by atoms with E-state index in [0.717, 1.165) is 50.1 Å². The van der Waals surface area contributed by atoms with Crippen molar-refractivity contribution in [3.8, 4) is 16.8 Å². The smallest absolute Gasteiger partial charge is 0.0638 e. The van der Waals surface area contributed by atoms with Gasteiger partial charge in [0.25, 0.3) is 0 Å². The summed E-state index contributed by atoms with van der Waals surface area (Å²) in [6.45, 7) is 4.40.